The molecular formula is C16H17NO3. The smallest absolute Gasteiger partial charge is 0.327 e. The number of carbonyl (C=O) groups excluding carboxylic acids is 1. The second-order valence-corrected chi connectivity index (χ2v) is 4.34. The van der Waals surface area contributed by atoms with E-state index in [2.05, 4.69) is 0 Å². The number of nitrogens with two attached hydrogens (primary N) is 1. The number of ether oxygens (including phenoxy) is 2. The SMILES string of the molecule is COc1ccc(C(N)C(=O)OCc2ccccc2)cc1. The van der Waals surface area contributed by atoms with Crippen molar-refractivity contribution >= 4 is 5.97 Å². The van der Waals surface area contributed by atoms with Gasteiger partial charge in [-0.15, -0.1) is 0 Å². The number of esters is 1. The minimum absolute atomic E-state index is 0.226. The van der Waals surface area contributed by atoms with Crippen LogP contribution < -0.4 is 10.5 Å². The summed E-state index contributed by atoms with van der Waals surface area (Å²) >= 11 is 0. The van der Waals surface area contributed by atoms with Crippen LogP contribution in [0.4, 0.5) is 0 Å². The second kappa shape index (κ2) is 6.73. The minimum atomic E-state index is -0.787. The molecule has 4 heteroatoms. The molecule has 2 aromatic carbocycles. The first-order valence-corrected chi connectivity index (χ1v) is 6.31. The quantitative estimate of drug-likeness (QED) is 0.848. The van der Waals surface area contributed by atoms with E-state index in [1.54, 1.807) is 31.4 Å². The van der Waals surface area contributed by atoms with E-state index in [0.29, 0.717) is 5.56 Å². The highest BCUT2D eigenvalue weighted by Crippen LogP contribution is 2.17. The number of benzene rings is 2. The third-order valence-corrected chi connectivity index (χ3v) is 2.95. The van der Waals surface area contributed by atoms with Crippen LogP contribution in [-0.2, 0) is 16.1 Å². The Labute approximate surface area is 118 Å². The average molecular weight is 271 g/mol. The van der Waals surface area contributed by atoms with E-state index in [0.717, 1.165) is 11.3 Å². The summed E-state index contributed by atoms with van der Waals surface area (Å²) < 4.78 is 10.3. The zero-order valence-corrected chi connectivity index (χ0v) is 11.3. The minimum Gasteiger partial charge on any atom is -0.497 e. The van der Waals surface area contributed by atoms with Crippen LogP contribution in [0.3, 0.4) is 0 Å². The molecule has 0 radical (unpaired) electrons. The monoisotopic (exact) mass is 271 g/mol. The average Bonchev–Trinajstić information content (AvgIpc) is 2.53. The Morgan fingerprint density at radius 3 is 2.35 bits per heavy atom. The molecule has 2 N–H and O–H groups in total. The molecule has 1 atom stereocenters. The molecule has 1 unspecified atom stereocenters. The fourth-order valence-corrected chi connectivity index (χ4v) is 1.77. The molecule has 0 saturated heterocycles. The number of hydrogen-bond donors (Lipinski definition) is 1. The van der Waals surface area contributed by atoms with Crippen molar-refractivity contribution in [2.75, 3.05) is 7.11 Å². The fraction of sp³-hybridized carbons (Fsp3) is 0.188. The van der Waals surface area contributed by atoms with Crippen molar-refractivity contribution in [3.05, 3.63) is 65.7 Å². The van der Waals surface area contributed by atoms with Crippen molar-refractivity contribution in [1.29, 1.82) is 0 Å². The van der Waals surface area contributed by atoms with Gasteiger partial charge in [0.15, 0.2) is 0 Å². The number of rotatable bonds is 5. The summed E-state index contributed by atoms with van der Waals surface area (Å²) in [6, 6.07) is 15.7. The molecular weight excluding hydrogens is 254 g/mol. The van der Waals surface area contributed by atoms with Crippen molar-refractivity contribution < 1.29 is 14.3 Å². The third-order valence-electron chi connectivity index (χ3n) is 2.95. The predicted octanol–water partition coefficient (Wildman–Crippen LogP) is 2.44. The number of carbonyl (C=O) groups is 1. The predicted molar refractivity (Wildman–Crippen MR) is 76.2 cm³/mol. The van der Waals surface area contributed by atoms with Crippen molar-refractivity contribution in [1.82, 2.24) is 0 Å². The van der Waals surface area contributed by atoms with Gasteiger partial charge >= 0.3 is 5.97 Å². The van der Waals surface area contributed by atoms with E-state index in [1.165, 1.54) is 0 Å². The summed E-state index contributed by atoms with van der Waals surface area (Å²) in [5.41, 5.74) is 7.51. The molecule has 20 heavy (non-hydrogen) atoms. The van der Waals surface area contributed by atoms with Gasteiger partial charge in [-0.1, -0.05) is 42.5 Å². The van der Waals surface area contributed by atoms with Crippen LogP contribution in [0.1, 0.15) is 17.2 Å². The topological polar surface area (TPSA) is 61.5 Å². The van der Waals surface area contributed by atoms with Gasteiger partial charge in [0.1, 0.15) is 18.4 Å². The normalized spacial score (nSPS) is 11.7. The van der Waals surface area contributed by atoms with Crippen LogP contribution in [0.25, 0.3) is 0 Å². The van der Waals surface area contributed by atoms with Crippen molar-refractivity contribution in [2.45, 2.75) is 12.6 Å². The molecule has 0 aliphatic rings. The number of methoxy groups -OCH3 is 1. The van der Waals surface area contributed by atoms with Crippen LogP contribution >= 0.6 is 0 Å². The first-order chi connectivity index (χ1) is 9.70. The maximum Gasteiger partial charge on any atom is 0.327 e. The zero-order chi connectivity index (χ0) is 14.4. The molecule has 0 fully saturated rings. The molecule has 0 amide bonds. The van der Waals surface area contributed by atoms with E-state index >= 15 is 0 Å². The van der Waals surface area contributed by atoms with E-state index < -0.39 is 12.0 Å². The van der Waals surface area contributed by atoms with Gasteiger partial charge in [0.05, 0.1) is 7.11 Å². The Balaban J connectivity index is 1.94. The lowest BCUT2D eigenvalue weighted by molar-refractivity contribution is -0.146. The third kappa shape index (κ3) is 3.59. The van der Waals surface area contributed by atoms with Crippen molar-refractivity contribution in [3.8, 4) is 5.75 Å². The van der Waals surface area contributed by atoms with Gasteiger partial charge in [0.2, 0.25) is 0 Å². The van der Waals surface area contributed by atoms with Crippen LogP contribution in [-0.4, -0.2) is 13.1 Å². The van der Waals surface area contributed by atoms with Crippen molar-refractivity contribution in [2.24, 2.45) is 5.73 Å². The first kappa shape index (κ1) is 14.1. The summed E-state index contributed by atoms with van der Waals surface area (Å²) in [5, 5.41) is 0. The van der Waals surface area contributed by atoms with Gasteiger partial charge in [0, 0.05) is 0 Å². The Morgan fingerprint density at radius 1 is 1.10 bits per heavy atom. The highest BCUT2D eigenvalue weighted by Gasteiger charge is 2.17. The molecule has 2 aromatic rings. The molecule has 0 aliphatic heterocycles. The van der Waals surface area contributed by atoms with E-state index in [-0.39, 0.29) is 6.61 Å². The van der Waals surface area contributed by atoms with Gasteiger partial charge in [0.25, 0.3) is 0 Å². The summed E-state index contributed by atoms with van der Waals surface area (Å²) in [6.45, 7) is 0.226. The lowest BCUT2D eigenvalue weighted by Gasteiger charge is -2.12. The molecule has 0 aliphatic carbocycles. The van der Waals surface area contributed by atoms with Crippen LogP contribution in [0.15, 0.2) is 54.6 Å². The Hall–Kier alpha value is -2.33. The van der Waals surface area contributed by atoms with Crippen molar-refractivity contribution in [3.63, 3.8) is 0 Å². The Morgan fingerprint density at radius 2 is 1.75 bits per heavy atom. The van der Waals surface area contributed by atoms with Crippen LogP contribution in [0.5, 0.6) is 5.75 Å². The zero-order valence-electron chi connectivity index (χ0n) is 11.3. The molecule has 4 nitrogen and oxygen atoms in total. The highest BCUT2D eigenvalue weighted by atomic mass is 16.5. The van der Waals surface area contributed by atoms with E-state index in [9.17, 15) is 4.79 Å². The van der Waals surface area contributed by atoms with Gasteiger partial charge in [-0.2, -0.15) is 0 Å². The first-order valence-electron chi connectivity index (χ1n) is 6.31. The maximum atomic E-state index is 11.9. The van der Waals surface area contributed by atoms with Gasteiger partial charge in [-0.3, -0.25) is 0 Å². The van der Waals surface area contributed by atoms with E-state index in [1.807, 2.05) is 30.3 Å². The number of hydrogen-bond acceptors (Lipinski definition) is 4. The fourth-order valence-electron chi connectivity index (χ4n) is 1.77. The molecule has 2 rings (SSSR count). The molecule has 0 bridgehead atoms. The Bertz CT molecular complexity index is 552. The second-order valence-electron chi connectivity index (χ2n) is 4.34. The van der Waals surface area contributed by atoms with Crippen LogP contribution in [0, 0.1) is 0 Å². The standard InChI is InChI=1S/C16H17NO3/c1-19-14-9-7-13(8-10-14)15(17)16(18)20-11-12-5-3-2-4-6-12/h2-10,15H,11,17H2,1H3. The highest BCUT2D eigenvalue weighted by molar-refractivity contribution is 5.77. The molecule has 0 spiro atoms. The lowest BCUT2D eigenvalue weighted by atomic mass is 10.1. The molecule has 0 heterocycles. The summed E-state index contributed by atoms with van der Waals surface area (Å²) in [7, 11) is 1.59. The summed E-state index contributed by atoms with van der Waals surface area (Å²) in [5.74, 6) is 0.276. The van der Waals surface area contributed by atoms with Gasteiger partial charge in [-0.05, 0) is 23.3 Å². The molecule has 0 aromatic heterocycles. The molecule has 104 valence electrons. The van der Waals surface area contributed by atoms with Gasteiger partial charge < -0.3 is 15.2 Å². The van der Waals surface area contributed by atoms with Gasteiger partial charge in [-0.25, -0.2) is 4.79 Å². The summed E-state index contributed by atoms with van der Waals surface area (Å²) in [4.78, 5) is 11.9. The van der Waals surface area contributed by atoms with Crippen LogP contribution in [0.2, 0.25) is 0 Å². The lowest BCUT2D eigenvalue weighted by Crippen LogP contribution is -2.23. The van der Waals surface area contributed by atoms with E-state index in [4.69, 9.17) is 15.2 Å². The largest absolute Gasteiger partial charge is 0.497 e. The molecule has 0 saturated carbocycles. The summed E-state index contributed by atoms with van der Waals surface area (Å²) in [6.07, 6.45) is 0. The Kier molecular flexibility index (Phi) is 4.74. The maximum absolute atomic E-state index is 11.9.